The molecule has 0 fully saturated rings. The Morgan fingerprint density at radius 3 is 2.67 bits per heavy atom. The zero-order valence-corrected chi connectivity index (χ0v) is 15.9. The van der Waals surface area contributed by atoms with Crippen LogP contribution in [0.2, 0.25) is 0 Å². The van der Waals surface area contributed by atoms with E-state index in [9.17, 15) is 13.2 Å². The van der Waals surface area contributed by atoms with Crippen molar-refractivity contribution >= 4 is 32.5 Å². The number of anilines is 1. The Bertz CT molecular complexity index is 1090. The number of nitrogens with one attached hydrogen (secondary N) is 3. The minimum atomic E-state index is -3.82. The molecule has 0 spiro atoms. The lowest BCUT2D eigenvalue weighted by Crippen LogP contribution is -2.30. The lowest BCUT2D eigenvalue weighted by molar-refractivity contribution is 0.102. The van der Waals surface area contributed by atoms with E-state index in [1.807, 2.05) is 0 Å². The van der Waals surface area contributed by atoms with Crippen LogP contribution in [0, 0.1) is 0 Å². The first-order valence-corrected chi connectivity index (χ1v) is 9.73. The number of amides is 1. The second kappa shape index (κ2) is 7.37. The summed E-state index contributed by atoms with van der Waals surface area (Å²) in [7, 11) is -2.44. The maximum Gasteiger partial charge on any atom is 0.255 e. The smallest absolute Gasteiger partial charge is 0.255 e. The van der Waals surface area contributed by atoms with Gasteiger partial charge in [-0.3, -0.25) is 9.89 Å². The number of sulfonamides is 1. The standard InChI is InChI=1S/C18H20N4O4S/c1-11(2)22-27(24,25)17-9-12(4-7-16(17)26-3)18(23)20-14-5-6-15-13(8-14)10-19-21-15/h4-11,22H,1-3H3,(H,19,21)(H,20,23). The molecule has 1 heterocycles. The number of hydrogen-bond acceptors (Lipinski definition) is 5. The minimum absolute atomic E-state index is 0.0864. The van der Waals surface area contributed by atoms with Gasteiger partial charge in [-0.1, -0.05) is 0 Å². The molecule has 1 amide bonds. The molecule has 8 nitrogen and oxygen atoms in total. The van der Waals surface area contributed by atoms with Gasteiger partial charge >= 0.3 is 0 Å². The quantitative estimate of drug-likeness (QED) is 0.600. The van der Waals surface area contributed by atoms with E-state index in [1.54, 1.807) is 38.2 Å². The normalized spacial score (nSPS) is 11.7. The molecule has 3 N–H and O–H groups in total. The largest absolute Gasteiger partial charge is 0.495 e. The third-order valence-corrected chi connectivity index (χ3v) is 5.48. The van der Waals surface area contributed by atoms with E-state index in [0.29, 0.717) is 5.69 Å². The average molecular weight is 388 g/mol. The van der Waals surface area contributed by atoms with Crippen molar-refractivity contribution in [2.75, 3.05) is 12.4 Å². The lowest BCUT2D eigenvalue weighted by atomic mass is 10.2. The molecule has 27 heavy (non-hydrogen) atoms. The van der Waals surface area contributed by atoms with Gasteiger partial charge in [0.15, 0.2) is 0 Å². The molecule has 0 aliphatic heterocycles. The van der Waals surface area contributed by atoms with Crippen molar-refractivity contribution in [3.63, 3.8) is 0 Å². The number of nitrogens with zero attached hydrogens (tertiary/aromatic N) is 1. The minimum Gasteiger partial charge on any atom is -0.495 e. The second-order valence-electron chi connectivity index (χ2n) is 6.27. The van der Waals surface area contributed by atoms with Gasteiger partial charge in [-0.05, 0) is 50.2 Å². The summed E-state index contributed by atoms with van der Waals surface area (Å²) < 4.78 is 32.7. The fourth-order valence-corrected chi connectivity index (χ4v) is 4.07. The van der Waals surface area contributed by atoms with Crippen LogP contribution in [-0.4, -0.2) is 37.7 Å². The topological polar surface area (TPSA) is 113 Å². The SMILES string of the molecule is COc1ccc(C(=O)Nc2ccc3[nH]ncc3c2)cc1S(=O)(=O)NC(C)C. The summed E-state index contributed by atoms with van der Waals surface area (Å²) in [6.07, 6.45) is 1.65. The van der Waals surface area contributed by atoms with Crippen LogP contribution in [0.15, 0.2) is 47.5 Å². The monoisotopic (exact) mass is 388 g/mol. The molecule has 9 heteroatoms. The van der Waals surface area contributed by atoms with E-state index in [1.165, 1.54) is 25.3 Å². The first kappa shape index (κ1) is 18.9. The molecule has 0 atom stereocenters. The Morgan fingerprint density at radius 2 is 1.96 bits per heavy atom. The van der Waals surface area contributed by atoms with Crippen LogP contribution in [0.1, 0.15) is 24.2 Å². The van der Waals surface area contributed by atoms with Gasteiger partial charge in [0.25, 0.3) is 5.91 Å². The predicted molar refractivity (Wildman–Crippen MR) is 102 cm³/mol. The molecule has 0 saturated carbocycles. The van der Waals surface area contributed by atoms with Crippen molar-refractivity contribution in [2.24, 2.45) is 0 Å². The number of H-pyrrole nitrogens is 1. The van der Waals surface area contributed by atoms with E-state index in [4.69, 9.17) is 4.74 Å². The summed E-state index contributed by atoms with van der Waals surface area (Å²) in [5.74, 6) is -0.263. The number of carbonyl (C=O) groups excluding carboxylic acids is 1. The van der Waals surface area contributed by atoms with E-state index >= 15 is 0 Å². The molecule has 0 radical (unpaired) electrons. The Balaban J connectivity index is 1.91. The van der Waals surface area contributed by atoms with Gasteiger partial charge in [0.05, 0.1) is 18.8 Å². The van der Waals surface area contributed by atoms with Crippen molar-refractivity contribution in [2.45, 2.75) is 24.8 Å². The Hall–Kier alpha value is -2.91. The summed E-state index contributed by atoms with van der Waals surface area (Å²) in [4.78, 5) is 12.5. The number of fused-ring (bicyclic) bond motifs is 1. The second-order valence-corrected chi connectivity index (χ2v) is 7.95. The zero-order valence-electron chi connectivity index (χ0n) is 15.1. The van der Waals surface area contributed by atoms with Gasteiger partial charge in [0, 0.05) is 22.7 Å². The molecule has 1 aromatic heterocycles. The summed E-state index contributed by atoms with van der Waals surface area (Å²) in [6, 6.07) is 9.29. The number of aromatic amines is 1. The highest BCUT2D eigenvalue weighted by Crippen LogP contribution is 2.26. The summed E-state index contributed by atoms with van der Waals surface area (Å²) >= 11 is 0. The molecular weight excluding hydrogens is 368 g/mol. The van der Waals surface area contributed by atoms with Gasteiger partial charge in [-0.2, -0.15) is 5.10 Å². The van der Waals surface area contributed by atoms with Crippen LogP contribution in [0.5, 0.6) is 5.75 Å². The van der Waals surface area contributed by atoms with Gasteiger partial charge in [-0.25, -0.2) is 13.1 Å². The van der Waals surface area contributed by atoms with Gasteiger partial charge in [0.2, 0.25) is 10.0 Å². The maximum atomic E-state index is 12.6. The molecule has 142 valence electrons. The van der Waals surface area contributed by atoms with Crippen LogP contribution >= 0.6 is 0 Å². The van der Waals surface area contributed by atoms with Crippen molar-refractivity contribution in [3.05, 3.63) is 48.2 Å². The van der Waals surface area contributed by atoms with Crippen molar-refractivity contribution in [1.82, 2.24) is 14.9 Å². The molecule has 0 saturated heterocycles. The third-order valence-electron chi connectivity index (χ3n) is 3.80. The Morgan fingerprint density at radius 1 is 1.19 bits per heavy atom. The maximum absolute atomic E-state index is 12.6. The number of carbonyl (C=O) groups is 1. The van der Waals surface area contributed by atoms with E-state index < -0.39 is 15.9 Å². The summed E-state index contributed by atoms with van der Waals surface area (Å²) in [5, 5.41) is 10.4. The fraction of sp³-hybridized carbons (Fsp3) is 0.222. The number of aromatic nitrogens is 2. The lowest BCUT2D eigenvalue weighted by Gasteiger charge is -2.14. The van der Waals surface area contributed by atoms with Crippen LogP contribution in [0.4, 0.5) is 5.69 Å². The molecule has 0 aliphatic rings. The first-order valence-electron chi connectivity index (χ1n) is 8.25. The van der Waals surface area contributed by atoms with Gasteiger partial charge in [0.1, 0.15) is 10.6 Å². The Kier molecular flexibility index (Phi) is 5.15. The zero-order chi connectivity index (χ0) is 19.6. The van der Waals surface area contributed by atoms with Crippen molar-refractivity contribution < 1.29 is 17.9 Å². The fourth-order valence-electron chi connectivity index (χ4n) is 2.63. The van der Waals surface area contributed by atoms with Gasteiger partial charge < -0.3 is 10.1 Å². The average Bonchev–Trinajstić information content (AvgIpc) is 3.07. The molecular formula is C18H20N4O4S. The van der Waals surface area contributed by atoms with Crippen molar-refractivity contribution in [1.29, 1.82) is 0 Å². The van der Waals surface area contributed by atoms with Crippen LogP contribution < -0.4 is 14.8 Å². The highest BCUT2D eigenvalue weighted by atomic mass is 32.2. The number of methoxy groups -OCH3 is 1. The van der Waals surface area contributed by atoms with Gasteiger partial charge in [-0.15, -0.1) is 0 Å². The number of ether oxygens (including phenoxy) is 1. The van der Waals surface area contributed by atoms with E-state index in [0.717, 1.165) is 10.9 Å². The van der Waals surface area contributed by atoms with Crippen LogP contribution in [0.25, 0.3) is 10.9 Å². The molecule has 0 aliphatic carbocycles. The predicted octanol–water partition coefficient (Wildman–Crippen LogP) is 2.51. The molecule has 2 aromatic carbocycles. The number of benzene rings is 2. The van der Waals surface area contributed by atoms with E-state index in [-0.39, 0.29) is 22.3 Å². The summed E-state index contributed by atoms with van der Waals surface area (Å²) in [5.41, 5.74) is 1.63. The molecule has 3 aromatic rings. The first-order chi connectivity index (χ1) is 12.8. The van der Waals surface area contributed by atoms with Crippen LogP contribution in [0.3, 0.4) is 0 Å². The highest BCUT2D eigenvalue weighted by molar-refractivity contribution is 7.89. The number of hydrogen-bond donors (Lipinski definition) is 3. The van der Waals surface area contributed by atoms with Crippen molar-refractivity contribution in [3.8, 4) is 5.75 Å². The highest BCUT2D eigenvalue weighted by Gasteiger charge is 2.22. The van der Waals surface area contributed by atoms with E-state index in [2.05, 4.69) is 20.2 Å². The molecule has 3 rings (SSSR count). The van der Waals surface area contributed by atoms with Crippen LogP contribution in [-0.2, 0) is 10.0 Å². The third kappa shape index (κ3) is 4.09. The Labute approximate surface area is 157 Å². The summed E-state index contributed by atoms with van der Waals surface area (Å²) in [6.45, 7) is 3.43. The molecule has 0 bridgehead atoms. The molecule has 0 unspecified atom stereocenters. The number of rotatable bonds is 6.